The molecule has 3 aromatic rings. The average Bonchev–Trinajstić information content (AvgIpc) is 2.61. The number of anilines is 1. The minimum Gasteiger partial charge on any atom is -0.465 e. The fraction of sp³-hybridized carbons (Fsp3) is 0.0588. The zero-order chi connectivity index (χ0) is 17.1. The van der Waals surface area contributed by atoms with Gasteiger partial charge in [0.1, 0.15) is 0 Å². The predicted octanol–water partition coefficient (Wildman–Crippen LogP) is 1.96. The maximum absolute atomic E-state index is 12.4. The average molecular weight is 323 g/mol. The predicted molar refractivity (Wildman–Crippen MR) is 88.1 cm³/mol. The molecule has 0 spiro atoms. The number of amides is 1. The van der Waals surface area contributed by atoms with Crippen molar-refractivity contribution in [2.75, 3.05) is 12.4 Å². The number of aromatic amines is 1. The van der Waals surface area contributed by atoms with Crippen LogP contribution in [0.25, 0.3) is 10.9 Å². The van der Waals surface area contributed by atoms with Crippen molar-refractivity contribution in [3.8, 4) is 0 Å². The zero-order valence-electron chi connectivity index (χ0n) is 12.7. The van der Waals surface area contributed by atoms with Crippen LogP contribution in [0.3, 0.4) is 0 Å². The van der Waals surface area contributed by atoms with Crippen molar-refractivity contribution in [1.82, 2.24) is 9.97 Å². The van der Waals surface area contributed by atoms with E-state index in [-0.39, 0.29) is 17.1 Å². The van der Waals surface area contributed by atoms with Crippen molar-refractivity contribution in [2.24, 2.45) is 0 Å². The summed E-state index contributed by atoms with van der Waals surface area (Å²) in [6.07, 6.45) is 0. The summed E-state index contributed by atoms with van der Waals surface area (Å²) in [5.74, 6) is -1.35. The number of aromatic nitrogens is 2. The highest BCUT2D eigenvalue weighted by Crippen LogP contribution is 2.16. The Labute approximate surface area is 136 Å². The number of nitrogens with one attached hydrogen (secondary N) is 2. The lowest BCUT2D eigenvalue weighted by atomic mass is 10.2. The van der Waals surface area contributed by atoms with E-state index in [9.17, 15) is 14.4 Å². The number of para-hydroxylation sites is 2. The van der Waals surface area contributed by atoms with Gasteiger partial charge in [-0.3, -0.25) is 9.59 Å². The molecule has 0 atom stereocenters. The molecule has 1 aromatic heterocycles. The van der Waals surface area contributed by atoms with Gasteiger partial charge in [0.2, 0.25) is 0 Å². The first-order valence-corrected chi connectivity index (χ1v) is 7.08. The molecule has 0 saturated carbocycles. The quantitative estimate of drug-likeness (QED) is 0.718. The van der Waals surface area contributed by atoms with Crippen LogP contribution in [-0.2, 0) is 4.74 Å². The molecular weight excluding hydrogens is 310 g/mol. The molecule has 2 N–H and O–H groups in total. The number of carbonyl (C=O) groups excluding carboxylic acids is 2. The molecule has 2 aromatic carbocycles. The van der Waals surface area contributed by atoms with Gasteiger partial charge >= 0.3 is 5.97 Å². The molecule has 120 valence electrons. The number of rotatable bonds is 3. The largest absolute Gasteiger partial charge is 0.465 e. The summed E-state index contributed by atoms with van der Waals surface area (Å²) >= 11 is 0. The first kappa shape index (κ1) is 15.4. The number of hydrogen-bond donors (Lipinski definition) is 2. The van der Waals surface area contributed by atoms with Gasteiger partial charge in [-0.1, -0.05) is 24.3 Å². The van der Waals surface area contributed by atoms with E-state index in [0.717, 1.165) is 0 Å². The Morgan fingerprint density at radius 1 is 1.08 bits per heavy atom. The fourth-order valence-corrected chi connectivity index (χ4v) is 2.26. The van der Waals surface area contributed by atoms with Crippen LogP contribution in [0.5, 0.6) is 0 Å². The number of hydrogen-bond acceptors (Lipinski definition) is 5. The molecule has 0 fully saturated rings. The molecule has 0 aliphatic heterocycles. The normalized spacial score (nSPS) is 10.4. The van der Waals surface area contributed by atoms with Crippen LogP contribution in [-0.4, -0.2) is 29.0 Å². The molecule has 7 heteroatoms. The Morgan fingerprint density at radius 2 is 1.79 bits per heavy atom. The topological polar surface area (TPSA) is 101 Å². The Balaban J connectivity index is 1.97. The van der Waals surface area contributed by atoms with E-state index >= 15 is 0 Å². The highest BCUT2D eigenvalue weighted by molar-refractivity contribution is 6.06. The third-order valence-corrected chi connectivity index (χ3v) is 3.41. The standard InChI is InChI=1S/C17H13N3O4/c1-24-17(23)11-7-3-5-9-13(11)19-16(22)14-18-12-8-4-2-6-10(12)15(21)20-14/h2-9H,1H3,(H,19,22)(H,18,20,21). The first-order chi connectivity index (χ1) is 11.6. The second kappa shape index (κ2) is 6.33. The summed E-state index contributed by atoms with van der Waals surface area (Å²) in [5.41, 5.74) is 0.473. The van der Waals surface area contributed by atoms with Crippen LogP contribution in [0.2, 0.25) is 0 Å². The molecule has 1 amide bonds. The van der Waals surface area contributed by atoms with Gasteiger partial charge in [0.25, 0.3) is 11.5 Å². The van der Waals surface area contributed by atoms with E-state index in [1.165, 1.54) is 13.2 Å². The third kappa shape index (κ3) is 2.87. The van der Waals surface area contributed by atoms with Crippen LogP contribution in [0, 0.1) is 0 Å². The van der Waals surface area contributed by atoms with Crippen molar-refractivity contribution in [3.63, 3.8) is 0 Å². The Kier molecular flexibility index (Phi) is 4.07. The lowest BCUT2D eigenvalue weighted by Crippen LogP contribution is -2.22. The van der Waals surface area contributed by atoms with E-state index in [1.807, 2.05) is 0 Å². The summed E-state index contributed by atoms with van der Waals surface area (Å²) in [6, 6.07) is 13.1. The molecule has 1 heterocycles. The monoisotopic (exact) mass is 323 g/mol. The molecule has 0 radical (unpaired) electrons. The highest BCUT2D eigenvalue weighted by atomic mass is 16.5. The van der Waals surface area contributed by atoms with Crippen LogP contribution in [0.15, 0.2) is 53.3 Å². The zero-order valence-corrected chi connectivity index (χ0v) is 12.7. The second-order valence-corrected chi connectivity index (χ2v) is 4.92. The summed E-state index contributed by atoms with van der Waals surface area (Å²) in [7, 11) is 1.25. The molecule has 0 bridgehead atoms. The van der Waals surface area contributed by atoms with Gasteiger partial charge in [0.15, 0.2) is 5.82 Å². The van der Waals surface area contributed by atoms with E-state index in [0.29, 0.717) is 10.9 Å². The number of fused-ring (bicyclic) bond motifs is 1. The van der Waals surface area contributed by atoms with Crippen molar-refractivity contribution < 1.29 is 14.3 Å². The summed E-state index contributed by atoms with van der Waals surface area (Å²) in [4.78, 5) is 42.7. The van der Waals surface area contributed by atoms with Gasteiger partial charge in [-0.05, 0) is 24.3 Å². The minimum atomic E-state index is -0.630. The molecule has 0 aliphatic rings. The molecule has 3 rings (SSSR count). The molecule has 0 saturated heterocycles. The van der Waals surface area contributed by atoms with Gasteiger partial charge in [-0.2, -0.15) is 0 Å². The van der Waals surface area contributed by atoms with Crippen molar-refractivity contribution in [1.29, 1.82) is 0 Å². The van der Waals surface area contributed by atoms with E-state index in [1.54, 1.807) is 42.5 Å². The Hall–Kier alpha value is -3.48. The van der Waals surface area contributed by atoms with E-state index in [2.05, 4.69) is 20.0 Å². The smallest absolute Gasteiger partial charge is 0.339 e. The minimum absolute atomic E-state index is 0.140. The van der Waals surface area contributed by atoms with Gasteiger partial charge in [-0.15, -0.1) is 0 Å². The number of carbonyl (C=O) groups is 2. The summed E-state index contributed by atoms with van der Waals surface area (Å²) in [6.45, 7) is 0. The van der Waals surface area contributed by atoms with Crippen LogP contribution < -0.4 is 10.9 Å². The van der Waals surface area contributed by atoms with Crippen molar-refractivity contribution >= 4 is 28.5 Å². The molecule has 24 heavy (non-hydrogen) atoms. The second-order valence-electron chi connectivity index (χ2n) is 4.92. The van der Waals surface area contributed by atoms with Gasteiger partial charge in [0.05, 0.1) is 29.3 Å². The number of ether oxygens (including phenoxy) is 1. The lowest BCUT2D eigenvalue weighted by molar-refractivity contribution is 0.0602. The van der Waals surface area contributed by atoms with Gasteiger partial charge in [-0.25, -0.2) is 9.78 Å². The van der Waals surface area contributed by atoms with Crippen molar-refractivity contribution in [3.05, 3.63) is 70.3 Å². The molecule has 0 unspecified atom stereocenters. The van der Waals surface area contributed by atoms with Gasteiger partial charge < -0.3 is 15.0 Å². The number of esters is 1. The van der Waals surface area contributed by atoms with Crippen LogP contribution >= 0.6 is 0 Å². The van der Waals surface area contributed by atoms with Crippen LogP contribution in [0.4, 0.5) is 5.69 Å². The SMILES string of the molecule is COC(=O)c1ccccc1NC(=O)c1nc2ccccc2c(=O)[nH]1. The maximum Gasteiger partial charge on any atom is 0.339 e. The Bertz CT molecular complexity index is 994. The van der Waals surface area contributed by atoms with Crippen molar-refractivity contribution in [2.45, 2.75) is 0 Å². The Morgan fingerprint density at radius 3 is 2.58 bits per heavy atom. The highest BCUT2D eigenvalue weighted by Gasteiger charge is 2.16. The number of nitrogens with zero attached hydrogens (tertiary/aromatic N) is 1. The fourth-order valence-electron chi connectivity index (χ4n) is 2.26. The molecule has 7 nitrogen and oxygen atoms in total. The maximum atomic E-state index is 12.4. The number of H-pyrrole nitrogens is 1. The van der Waals surface area contributed by atoms with Crippen LogP contribution in [0.1, 0.15) is 21.0 Å². The number of methoxy groups -OCH3 is 1. The van der Waals surface area contributed by atoms with Gasteiger partial charge in [0, 0.05) is 0 Å². The van der Waals surface area contributed by atoms with E-state index < -0.39 is 17.4 Å². The summed E-state index contributed by atoms with van der Waals surface area (Å²) < 4.78 is 4.68. The lowest BCUT2D eigenvalue weighted by Gasteiger charge is -2.09. The summed E-state index contributed by atoms with van der Waals surface area (Å²) in [5, 5.41) is 2.95. The third-order valence-electron chi connectivity index (χ3n) is 3.41. The molecular formula is C17H13N3O4. The first-order valence-electron chi connectivity index (χ1n) is 7.08. The van der Waals surface area contributed by atoms with E-state index in [4.69, 9.17) is 0 Å². The molecule has 0 aliphatic carbocycles. The number of benzene rings is 2.